The van der Waals surface area contributed by atoms with Gasteiger partial charge in [-0.2, -0.15) is 0 Å². The van der Waals surface area contributed by atoms with E-state index in [1.54, 1.807) is 53.6 Å². The summed E-state index contributed by atoms with van der Waals surface area (Å²) >= 11 is 12.8. The minimum absolute atomic E-state index is 0.154. The van der Waals surface area contributed by atoms with Crippen LogP contribution >= 0.6 is 23.2 Å². The maximum atomic E-state index is 13.2. The summed E-state index contributed by atoms with van der Waals surface area (Å²) in [7, 11) is -3.71. The Bertz CT molecular complexity index is 1590. The fourth-order valence-electron chi connectivity index (χ4n) is 4.80. The van der Waals surface area contributed by atoms with Crippen molar-refractivity contribution in [2.75, 3.05) is 13.1 Å². The number of halogens is 2. The van der Waals surface area contributed by atoms with Gasteiger partial charge in [-0.3, -0.25) is 9.78 Å². The predicted octanol–water partition coefficient (Wildman–Crippen LogP) is 5.64. The van der Waals surface area contributed by atoms with Crippen molar-refractivity contribution in [3.63, 3.8) is 0 Å². The molecule has 4 aromatic rings. The second-order valence-corrected chi connectivity index (χ2v) is 12.0. The van der Waals surface area contributed by atoms with Gasteiger partial charge in [0.05, 0.1) is 32.4 Å². The molecule has 0 saturated carbocycles. The summed E-state index contributed by atoms with van der Waals surface area (Å²) in [6.07, 6.45) is 2.25. The molecular formula is C28H24Cl2N2O4S. The Hall–Kier alpha value is -2.97. The van der Waals surface area contributed by atoms with Gasteiger partial charge in [-0.25, -0.2) is 8.42 Å². The fraction of sp³-hybridized carbons (Fsp3) is 0.214. The highest BCUT2D eigenvalue weighted by molar-refractivity contribution is 7.90. The van der Waals surface area contributed by atoms with E-state index in [0.717, 1.165) is 5.39 Å². The monoisotopic (exact) mass is 554 g/mol. The number of sulfone groups is 1. The fourth-order valence-corrected chi connectivity index (χ4v) is 6.92. The normalized spacial score (nSPS) is 15.6. The third-order valence-electron chi connectivity index (χ3n) is 6.80. The SMILES string of the molecule is O=C(c1ccc(CS(=O)(=O)c2cccc3cccnc23)cc1Cl)N1CCC(O)(c2ccccc2Cl)CC1. The van der Waals surface area contributed by atoms with Crippen molar-refractivity contribution >= 4 is 49.8 Å². The van der Waals surface area contributed by atoms with E-state index in [1.165, 1.54) is 6.07 Å². The summed E-state index contributed by atoms with van der Waals surface area (Å²) < 4.78 is 26.4. The highest BCUT2D eigenvalue weighted by Crippen LogP contribution is 2.37. The first-order valence-corrected chi connectivity index (χ1v) is 14.2. The van der Waals surface area contributed by atoms with E-state index >= 15 is 0 Å². The molecule has 1 aromatic heterocycles. The van der Waals surface area contributed by atoms with Crippen LogP contribution in [0.25, 0.3) is 10.9 Å². The molecule has 1 fully saturated rings. The Balaban J connectivity index is 1.31. The Morgan fingerprint density at radius 1 is 0.946 bits per heavy atom. The summed E-state index contributed by atoms with van der Waals surface area (Å²) in [5.41, 5.74) is 0.741. The van der Waals surface area contributed by atoms with E-state index in [0.29, 0.717) is 47.6 Å². The number of rotatable bonds is 5. The Kier molecular flexibility index (Phi) is 6.98. The summed E-state index contributed by atoms with van der Waals surface area (Å²) in [6.45, 7) is 0.669. The van der Waals surface area contributed by atoms with Crippen LogP contribution in [-0.2, 0) is 21.2 Å². The number of piperidine rings is 1. The van der Waals surface area contributed by atoms with Crippen molar-refractivity contribution in [1.29, 1.82) is 0 Å². The molecule has 0 spiro atoms. The number of benzene rings is 3. The summed E-state index contributed by atoms with van der Waals surface area (Å²) in [6, 6.07) is 20.5. The number of hydrogen-bond acceptors (Lipinski definition) is 5. The molecule has 2 heterocycles. The number of nitrogens with zero attached hydrogens (tertiary/aromatic N) is 2. The van der Waals surface area contributed by atoms with Crippen molar-refractivity contribution < 1.29 is 18.3 Å². The summed E-state index contributed by atoms with van der Waals surface area (Å²) in [4.78, 5) is 19.3. The molecule has 1 N–H and O–H groups in total. The third-order valence-corrected chi connectivity index (χ3v) is 9.16. The molecule has 0 aliphatic carbocycles. The van der Waals surface area contributed by atoms with Gasteiger partial charge in [0.15, 0.2) is 9.84 Å². The van der Waals surface area contributed by atoms with Crippen molar-refractivity contribution in [3.8, 4) is 0 Å². The molecule has 6 nitrogen and oxygen atoms in total. The molecule has 1 saturated heterocycles. The van der Waals surface area contributed by atoms with Crippen LogP contribution < -0.4 is 0 Å². The molecule has 0 unspecified atom stereocenters. The minimum atomic E-state index is -3.71. The van der Waals surface area contributed by atoms with Crippen molar-refractivity contribution in [2.24, 2.45) is 0 Å². The average Bonchev–Trinajstić information content (AvgIpc) is 2.88. The van der Waals surface area contributed by atoms with E-state index < -0.39 is 15.4 Å². The zero-order chi connectivity index (χ0) is 26.2. The number of aliphatic hydroxyl groups is 1. The van der Waals surface area contributed by atoms with Gasteiger partial charge in [0.1, 0.15) is 0 Å². The number of hydrogen-bond donors (Lipinski definition) is 1. The average molecular weight is 555 g/mol. The number of carbonyl (C=O) groups excluding carboxylic acids is 1. The zero-order valence-electron chi connectivity index (χ0n) is 19.8. The van der Waals surface area contributed by atoms with Crippen LogP contribution in [0.3, 0.4) is 0 Å². The van der Waals surface area contributed by atoms with Crippen LogP contribution in [0.1, 0.15) is 34.3 Å². The minimum Gasteiger partial charge on any atom is -0.385 e. The largest absolute Gasteiger partial charge is 0.385 e. The van der Waals surface area contributed by atoms with Gasteiger partial charge in [0, 0.05) is 35.3 Å². The first-order chi connectivity index (χ1) is 17.7. The van der Waals surface area contributed by atoms with Gasteiger partial charge >= 0.3 is 0 Å². The standard InChI is InChI=1S/C28H24Cl2N2O4S/c29-23-8-2-1-7-22(23)28(34)12-15-32(16-13-28)27(33)21-11-10-19(17-24(21)30)18-37(35,36)25-9-3-5-20-6-4-14-31-26(20)25/h1-11,14,17,34H,12-13,15-16,18H2. The molecule has 5 rings (SSSR count). The lowest BCUT2D eigenvalue weighted by Gasteiger charge is -2.39. The van der Waals surface area contributed by atoms with E-state index in [-0.39, 0.29) is 27.1 Å². The summed E-state index contributed by atoms with van der Waals surface area (Å²) in [5, 5.41) is 12.6. The second kappa shape index (κ2) is 10.1. The van der Waals surface area contributed by atoms with E-state index in [1.807, 2.05) is 24.3 Å². The molecule has 9 heteroatoms. The van der Waals surface area contributed by atoms with Gasteiger partial charge < -0.3 is 10.0 Å². The van der Waals surface area contributed by atoms with Crippen LogP contribution in [0.2, 0.25) is 10.0 Å². The quantitative estimate of drug-likeness (QED) is 0.345. The molecule has 190 valence electrons. The third kappa shape index (κ3) is 5.09. The number of aromatic nitrogens is 1. The molecule has 0 bridgehead atoms. The highest BCUT2D eigenvalue weighted by Gasteiger charge is 2.37. The molecule has 1 amide bonds. The molecular weight excluding hydrogens is 531 g/mol. The number of para-hydroxylation sites is 1. The Labute approximate surface area is 225 Å². The first kappa shape index (κ1) is 25.7. The van der Waals surface area contributed by atoms with Gasteiger partial charge in [-0.1, -0.05) is 65.7 Å². The van der Waals surface area contributed by atoms with Crippen LogP contribution in [-0.4, -0.2) is 42.4 Å². The van der Waals surface area contributed by atoms with Gasteiger partial charge in [0.25, 0.3) is 5.91 Å². The molecule has 1 aliphatic heterocycles. The van der Waals surface area contributed by atoms with Crippen LogP contribution in [0.5, 0.6) is 0 Å². The predicted molar refractivity (Wildman–Crippen MR) is 145 cm³/mol. The van der Waals surface area contributed by atoms with Gasteiger partial charge in [0.2, 0.25) is 0 Å². The van der Waals surface area contributed by atoms with E-state index in [4.69, 9.17) is 23.2 Å². The van der Waals surface area contributed by atoms with Crippen molar-refractivity contribution in [1.82, 2.24) is 9.88 Å². The summed E-state index contributed by atoms with van der Waals surface area (Å²) in [5.74, 6) is -0.537. The number of likely N-dealkylation sites (tertiary alicyclic amines) is 1. The van der Waals surface area contributed by atoms with E-state index in [2.05, 4.69) is 4.98 Å². The number of fused-ring (bicyclic) bond motifs is 1. The molecule has 0 radical (unpaired) electrons. The smallest absolute Gasteiger partial charge is 0.255 e. The molecule has 3 aromatic carbocycles. The number of pyridine rings is 1. The molecule has 1 aliphatic rings. The zero-order valence-corrected chi connectivity index (χ0v) is 22.1. The van der Waals surface area contributed by atoms with E-state index in [9.17, 15) is 18.3 Å². The molecule has 37 heavy (non-hydrogen) atoms. The van der Waals surface area contributed by atoms with Crippen LogP contribution in [0.4, 0.5) is 0 Å². The lowest BCUT2D eigenvalue weighted by molar-refractivity contribution is -0.0210. The second-order valence-electron chi connectivity index (χ2n) is 9.21. The first-order valence-electron chi connectivity index (χ1n) is 11.8. The topological polar surface area (TPSA) is 87.6 Å². The van der Waals surface area contributed by atoms with Gasteiger partial charge in [-0.05, 0) is 48.7 Å². The Morgan fingerprint density at radius 2 is 1.68 bits per heavy atom. The van der Waals surface area contributed by atoms with Gasteiger partial charge in [-0.15, -0.1) is 0 Å². The Morgan fingerprint density at radius 3 is 2.41 bits per heavy atom. The van der Waals surface area contributed by atoms with Crippen LogP contribution in [0.15, 0.2) is 83.9 Å². The van der Waals surface area contributed by atoms with Crippen molar-refractivity contribution in [3.05, 3.63) is 106 Å². The number of amides is 1. The lowest BCUT2D eigenvalue weighted by atomic mass is 9.84. The van der Waals surface area contributed by atoms with Crippen LogP contribution in [0, 0.1) is 0 Å². The lowest BCUT2D eigenvalue weighted by Crippen LogP contribution is -2.45. The molecule has 0 atom stereocenters. The maximum absolute atomic E-state index is 13.2. The maximum Gasteiger partial charge on any atom is 0.255 e. The van der Waals surface area contributed by atoms with Crippen molar-refractivity contribution in [2.45, 2.75) is 29.1 Å². The highest BCUT2D eigenvalue weighted by atomic mass is 35.5. The number of carbonyl (C=O) groups is 1.